The number of carbonyl (C=O) groups is 1. The second-order valence-corrected chi connectivity index (χ2v) is 7.59. The number of amides is 1. The van der Waals surface area contributed by atoms with Crippen LogP contribution in [0.3, 0.4) is 0 Å². The van der Waals surface area contributed by atoms with E-state index in [1.165, 1.54) is 16.9 Å². The number of carbonyl (C=O) groups excluding carboxylic acids is 1. The van der Waals surface area contributed by atoms with Gasteiger partial charge < -0.3 is 5.32 Å². The molecule has 3 nitrogen and oxygen atoms in total. The fraction of sp³-hybridized carbons (Fsp3) is 0.222. The lowest BCUT2D eigenvalue weighted by atomic mass is 9.97. The quantitative estimate of drug-likeness (QED) is 0.672. The highest BCUT2D eigenvalue weighted by molar-refractivity contribution is 9.10. The van der Waals surface area contributed by atoms with Crippen LogP contribution in [-0.2, 0) is 11.2 Å². The molecule has 23 heavy (non-hydrogen) atoms. The second kappa shape index (κ2) is 6.42. The third kappa shape index (κ3) is 3.46. The highest BCUT2D eigenvalue weighted by Gasteiger charge is 2.12. The number of aromatic nitrogens is 1. The van der Waals surface area contributed by atoms with E-state index >= 15 is 0 Å². The number of benzene rings is 2. The summed E-state index contributed by atoms with van der Waals surface area (Å²) in [6.45, 7) is 6.18. The van der Waals surface area contributed by atoms with Crippen molar-refractivity contribution in [1.29, 1.82) is 0 Å². The van der Waals surface area contributed by atoms with Crippen LogP contribution in [0, 0.1) is 20.8 Å². The van der Waals surface area contributed by atoms with Crippen molar-refractivity contribution in [1.82, 2.24) is 4.98 Å². The SMILES string of the molecule is Cc1cc(C)c(CC(=O)Nc2nc3c(Br)cccc3s2)c(C)c1. The van der Waals surface area contributed by atoms with Crippen LogP contribution in [0.15, 0.2) is 34.8 Å². The topological polar surface area (TPSA) is 42.0 Å². The molecule has 0 unspecified atom stereocenters. The van der Waals surface area contributed by atoms with Gasteiger partial charge in [0.25, 0.3) is 0 Å². The second-order valence-electron chi connectivity index (χ2n) is 5.71. The molecule has 0 saturated carbocycles. The molecule has 0 aliphatic carbocycles. The summed E-state index contributed by atoms with van der Waals surface area (Å²) >= 11 is 4.98. The van der Waals surface area contributed by atoms with Crippen LogP contribution < -0.4 is 5.32 Å². The van der Waals surface area contributed by atoms with E-state index in [9.17, 15) is 4.79 Å². The molecule has 1 heterocycles. The Balaban J connectivity index is 1.80. The first-order valence-electron chi connectivity index (χ1n) is 7.35. The van der Waals surface area contributed by atoms with Gasteiger partial charge in [0, 0.05) is 4.47 Å². The van der Waals surface area contributed by atoms with Gasteiger partial charge in [0.15, 0.2) is 5.13 Å². The minimum absolute atomic E-state index is 0.0322. The molecule has 0 aliphatic heterocycles. The summed E-state index contributed by atoms with van der Waals surface area (Å²) in [6.07, 6.45) is 0.370. The van der Waals surface area contributed by atoms with Crippen molar-refractivity contribution in [2.24, 2.45) is 0 Å². The Morgan fingerprint density at radius 2 is 1.91 bits per heavy atom. The lowest BCUT2D eigenvalue weighted by Gasteiger charge is -2.10. The van der Waals surface area contributed by atoms with Gasteiger partial charge in [0.1, 0.15) is 0 Å². The summed E-state index contributed by atoms with van der Waals surface area (Å²) < 4.78 is 1.99. The predicted molar refractivity (Wildman–Crippen MR) is 100 cm³/mol. The van der Waals surface area contributed by atoms with E-state index in [4.69, 9.17) is 0 Å². The Bertz CT molecular complexity index is 878. The first-order valence-corrected chi connectivity index (χ1v) is 8.96. The Labute approximate surface area is 147 Å². The highest BCUT2D eigenvalue weighted by Crippen LogP contribution is 2.31. The molecule has 3 rings (SSSR count). The number of hydrogen-bond donors (Lipinski definition) is 1. The van der Waals surface area contributed by atoms with Gasteiger partial charge in [-0.1, -0.05) is 35.1 Å². The van der Waals surface area contributed by atoms with Crippen molar-refractivity contribution in [3.63, 3.8) is 0 Å². The van der Waals surface area contributed by atoms with Gasteiger partial charge in [0.05, 0.1) is 16.6 Å². The largest absolute Gasteiger partial charge is 0.302 e. The smallest absolute Gasteiger partial charge is 0.230 e. The van der Waals surface area contributed by atoms with E-state index in [2.05, 4.69) is 59.1 Å². The number of thiazole rings is 1. The molecule has 0 atom stereocenters. The van der Waals surface area contributed by atoms with E-state index in [1.54, 1.807) is 0 Å². The minimum Gasteiger partial charge on any atom is -0.302 e. The molecule has 2 aromatic carbocycles. The van der Waals surface area contributed by atoms with Gasteiger partial charge >= 0.3 is 0 Å². The number of para-hydroxylation sites is 1. The maximum Gasteiger partial charge on any atom is 0.230 e. The van der Waals surface area contributed by atoms with Gasteiger partial charge in [-0.05, 0) is 65.5 Å². The number of fused-ring (bicyclic) bond motifs is 1. The summed E-state index contributed by atoms with van der Waals surface area (Å²) in [7, 11) is 0. The first kappa shape index (κ1) is 16.1. The molecule has 0 aliphatic rings. The summed E-state index contributed by atoms with van der Waals surface area (Å²) in [5, 5.41) is 3.56. The standard InChI is InChI=1S/C18H17BrN2OS/c1-10-7-11(2)13(12(3)8-10)9-16(22)20-18-21-17-14(19)5-4-6-15(17)23-18/h4-8H,9H2,1-3H3,(H,20,21,22). The molecular formula is C18H17BrN2OS. The Morgan fingerprint density at radius 3 is 2.57 bits per heavy atom. The van der Waals surface area contributed by atoms with Crippen molar-refractivity contribution < 1.29 is 4.79 Å². The maximum absolute atomic E-state index is 12.4. The molecule has 0 bridgehead atoms. The molecule has 0 spiro atoms. The van der Waals surface area contributed by atoms with Gasteiger partial charge in [-0.25, -0.2) is 4.98 Å². The fourth-order valence-electron chi connectivity index (χ4n) is 2.78. The maximum atomic E-state index is 12.4. The Hall–Kier alpha value is -1.72. The summed E-state index contributed by atoms with van der Waals surface area (Å²) in [5.74, 6) is -0.0322. The molecular weight excluding hydrogens is 372 g/mol. The van der Waals surface area contributed by atoms with E-state index in [-0.39, 0.29) is 5.91 Å². The monoisotopic (exact) mass is 388 g/mol. The molecule has 1 N–H and O–H groups in total. The zero-order valence-corrected chi connectivity index (χ0v) is 15.6. The molecule has 118 valence electrons. The van der Waals surface area contributed by atoms with Crippen molar-refractivity contribution in [3.05, 3.63) is 57.1 Å². The van der Waals surface area contributed by atoms with Crippen molar-refractivity contribution in [2.45, 2.75) is 27.2 Å². The normalized spacial score (nSPS) is 11.0. The van der Waals surface area contributed by atoms with Crippen LogP contribution >= 0.6 is 27.3 Å². The lowest BCUT2D eigenvalue weighted by molar-refractivity contribution is -0.115. The molecule has 1 aromatic heterocycles. The van der Waals surface area contributed by atoms with Crippen LogP contribution in [0.4, 0.5) is 5.13 Å². The van der Waals surface area contributed by atoms with Crippen LogP contribution in [0.1, 0.15) is 22.3 Å². The van der Waals surface area contributed by atoms with E-state index in [0.29, 0.717) is 11.6 Å². The zero-order valence-electron chi connectivity index (χ0n) is 13.2. The van der Waals surface area contributed by atoms with Gasteiger partial charge in [0.2, 0.25) is 5.91 Å². The number of aryl methyl sites for hydroxylation is 3. The summed E-state index contributed by atoms with van der Waals surface area (Å²) in [5.41, 5.74) is 5.51. The lowest BCUT2D eigenvalue weighted by Crippen LogP contribution is -2.15. The number of nitrogens with zero attached hydrogens (tertiary/aromatic N) is 1. The van der Waals surface area contributed by atoms with Crippen LogP contribution in [0.2, 0.25) is 0 Å². The molecule has 0 radical (unpaired) electrons. The average molecular weight is 389 g/mol. The number of halogens is 1. The Kier molecular flexibility index (Phi) is 4.50. The third-order valence-corrected chi connectivity index (χ3v) is 5.37. The van der Waals surface area contributed by atoms with Gasteiger partial charge in [-0.2, -0.15) is 0 Å². The minimum atomic E-state index is -0.0322. The average Bonchev–Trinajstić information content (AvgIpc) is 2.86. The summed E-state index contributed by atoms with van der Waals surface area (Å²) in [6, 6.07) is 10.2. The molecule has 5 heteroatoms. The highest BCUT2D eigenvalue weighted by atomic mass is 79.9. The molecule has 3 aromatic rings. The van der Waals surface area contributed by atoms with Gasteiger partial charge in [-0.3, -0.25) is 4.79 Å². The zero-order chi connectivity index (χ0) is 16.6. The molecule has 1 amide bonds. The number of rotatable bonds is 3. The van der Waals surface area contributed by atoms with E-state index in [0.717, 1.165) is 31.4 Å². The summed E-state index contributed by atoms with van der Waals surface area (Å²) in [4.78, 5) is 16.9. The molecule has 0 saturated heterocycles. The number of anilines is 1. The first-order chi connectivity index (χ1) is 10.9. The Morgan fingerprint density at radius 1 is 1.22 bits per heavy atom. The van der Waals surface area contributed by atoms with Crippen LogP contribution in [0.25, 0.3) is 10.2 Å². The number of nitrogens with one attached hydrogen (secondary N) is 1. The third-order valence-electron chi connectivity index (χ3n) is 3.79. The van der Waals surface area contributed by atoms with Gasteiger partial charge in [-0.15, -0.1) is 0 Å². The van der Waals surface area contributed by atoms with E-state index in [1.807, 2.05) is 18.2 Å². The molecule has 0 fully saturated rings. The predicted octanol–water partition coefficient (Wildman–Crippen LogP) is 5.17. The number of hydrogen-bond acceptors (Lipinski definition) is 3. The van der Waals surface area contributed by atoms with Crippen molar-refractivity contribution in [3.8, 4) is 0 Å². The van der Waals surface area contributed by atoms with Crippen LogP contribution in [-0.4, -0.2) is 10.9 Å². The van der Waals surface area contributed by atoms with Crippen molar-refractivity contribution >= 4 is 48.5 Å². The van der Waals surface area contributed by atoms with Crippen LogP contribution in [0.5, 0.6) is 0 Å². The van der Waals surface area contributed by atoms with Crippen molar-refractivity contribution in [2.75, 3.05) is 5.32 Å². The fourth-order valence-corrected chi connectivity index (χ4v) is 4.28. The van der Waals surface area contributed by atoms with E-state index < -0.39 is 0 Å².